The number of hydrogen-bond donors (Lipinski definition) is 4. The van der Waals surface area contributed by atoms with Crippen molar-refractivity contribution in [3.8, 4) is 5.75 Å². The molecule has 14 nitrogen and oxygen atoms in total. The third kappa shape index (κ3) is 12.9. The van der Waals surface area contributed by atoms with E-state index in [0.29, 0.717) is 37.2 Å². The lowest BCUT2D eigenvalue weighted by Crippen LogP contribution is -2.61. The van der Waals surface area contributed by atoms with Crippen molar-refractivity contribution in [2.45, 2.75) is 147 Å². The summed E-state index contributed by atoms with van der Waals surface area (Å²) in [6.07, 6.45) is 8.85. The molecular formula is C45H61N5O9. The highest BCUT2D eigenvalue weighted by atomic mass is 16.6. The fraction of sp³-hybridized carbons (Fsp3) is 0.578. The van der Waals surface area contributed by atoms with E-state index in [9.17, 15) is 33.6 Å². The molecule has 4 atom stereocenters. The third-order valence-electron chi connectivity index (χ3n) is 11.1. The van der Waals surface area contributed by atoms with Crippen LogP contribution in [0.15, 0.2) is 48.5 Å². The monoisotopic (exact) mass is 815 g/mol. The predicted octanol–water partition coefficient (Wildman–Crippen LogP) is 4.52. The number of esters is 1. The van der Waals surface area contributed by atoms with Crippen LogP contribution >= 0.6 is 0 Å². The van der Waals surface area contributed by atoms with Crippen molar-refractivity contribution in [3.63, 3.8) is 0 Å². The number of carbonyl (C=O) groups excluding carboxylic acids is 7. The van der Waals surface area contributed by atoms with Crippen molar-refractivity contribution in [2.24, 2.45) is 5.92 Å². The number of nitrogens with zero attached hydrogens (tertiary/aromatic N) is 1. The van der Waals surface area contributed by atoms with E-state index in [1.54, 1.807) is 58.0 Å². The number of fused-ring (bicyclic) bond motifs is 2. The number of nitrogens with one attached hydrogen (secondary N) is 4. The highest BCUT2D eigenvalue weighted by Crippen LogP contribution is 2.32. The first-order chi connectivity index (χ1) is 28.2. The number of ether oxygens (including phenoxy) is 2. The second kappa shape index (κ2) is 21.1. The molecule has 0 spiro atoms. The molecule has 3 bridgehead atoms. The summed E-state index contributed by atoms with van der Waals surface area (Å²) in [5, 5.41) is 10.8. The van der Waals surface area contributed by atoms with E-state index in [1.165, 1.54) is 4.90 Å². The Morgan fingerprint density at radius 1 is 0.898 bits per heavy atom. The van der Waals surface area contributed by atoms with Crippen molar-refractivity contribution >= 4 is 41.3 Å². The van der Waals surface area contributed by atoms with E-state index in [0.717, 1.165) is 62.5 Å². The Hall–Kier alpha value is -5.27. The highest BCUT2D eigenvalue weighted by Gasteiger charge is 2.42. The zero-order chi connectivity index (χ0) is 42.5. The minimum atomic E-state index is -1.25. The van der Waals surface area contributed by atoms with Gasteiger partial charge in [-0.25, -0.2) is 4.79 Å². The summed E-state index contributed by atoms with van der Waals surface area (Å²) in [7, 11) is 0. The molecule has 0 saturated heterocycles. The van der Waals surface area contributed by atoms with Crippen LogP contribution in [0.2, 0.25) is 0 Å². The van der Waals surface area contributed by atoms with Crippen molar-refractivity contribution in [1.82, 2.24) is 26.2 Å². The summed E-state index contributed by atoms with van der Waals surface area (Å²) >= 11 is 0. The van der Waals surface area contributed by atoms with Gasteiger partial charge >= 0.3 is 5.97 Å². The van der Waals surface area contributed by atoms with E-state index in [-0.39, 0.29) is 37.1 Å². The first kappa shape index (κ1) is 44.8. The van der Waals surface area contributed by atoms with Crippen molar-refractivity contribution < 1.29 is 43.0 Å². The second-order valence-corrected chi connectivity index (χ2v) is 16.9. The van der Waals surface area contributed by atoms with Crippen molar-refractivity contribution in [1.29, 1.82) is 0 Å². The van der Waals surface area contributed by atoms with Crippen LogP contribution in [-0.2, 0) is 51.3 Å². The Bertz CT molecular complexity index is 1820. The molecule has 1 fully saturated rings. The zero-order valence-electron chi connectivity index (χ0n) is 34.9. The molecule has 59 heavy (non-hydrogen) atoms. The van der Waals surface area contributed by atoms with Gasteiger partial charge in [0.2, 0.25) is 29.4 Å². The first-order valence-electron chi connectivity index (χ1n) is 21.3. The van der Waals surface area contributed by atoms with Gasteiger partial charge in [0.05, 0.1) is 19.2 Å². The molecule has 1 unspecified atom stereocenters. The highest BCUT2D eigenvalue weighted by molar-refractivity contribution is 6.38. The van der Waals surface area contributed by atoms with Gasteiger partial charge in [0, 0.05) is 19.4 Å². The van der Waals surface area contributed by atoms with Gasteiger partial charge in [-0.3, -0.25) is 28.8 Å². The Balaban J connectivity index is 1.32. The summed E-state index contributed by atoms with van der Waals surface area (Å²) in [5.74, 6) is -4.01. The van der Waals surface area contributed by atoms with Gasteiger partial charge < -0.3 is 35.6 Å². The summed E-state index contributed by atoms with van der Waals surface area (Å²) in [4.78, 5) is 96.9. The van der Waals surface area contributed by atoms with Gasteiger partial charge in [0.25, 0.3) is 5.91 Å². The number of rotatable bonds is 12. The number of benzene rings is 2. The Morgan fingerprint density at radius 2 is 1.61 bits per heavy atom. The average Bonchev–Trinajstić information content (AvgIpc) is 3.21. The van der Waals surface area contributed by atoms with E-state index in [2.05, 4.69) is 21.3 Å². The summed E-state index contributed by atoms with van der Waals surface area (Å²) in [6, 6.07) is 9.92. The Morgan fingerprint density at radius 3 is 2.32 bits per heavy atom. The molecule has 2 aromatic rings. The molecule has 0 aromatic heterocycles. The molecule has 2 heterocycles. The Kier molecular flexibility index (Phi) is 16.0. The molecule has 320 valence electrons. The molecule has 0 radical (unpaired) electrons. The molecule has 5 amide bonds. The maximum Gasteiger partial charge on any atom is 0.333 e. The third-order valence-corrected chi connectivity index (χ3v) is 11.1. The summed E-state index contributed by atoms with van der Waals surface area (Å²) < 4.78 is 11.6. The zero-order valence-corrected chi connectivity index (χ0v) is 34.9. The fourth-order valence-corrected chi connectivity index (χ4v) is 8.05. The van der Waals surface area contributed by atoms with E-state index < -0.39 is 65.8 Å². The average molecular weight is 816 g/mol. The topological polar surface area (TPSA) is 189 Å². The lowest BCUT2D eigenvalue weighted by atomic mass is 9.82. The van der Waals surface area contributed by atoms with Gasteiger partial charge in [0.1, 0.15) is 23.4 Å². The quantitative estimate of drug-likeness (QED) is 0.177. The number of Topliss-reactive ketones (excluding diaryl/α,β-unsaturated/α-hetero) is 1. The normalized spacial score (nSPS) is 20.3. The van der Waals surface area contributed by atoms with Gasteiger partial charge in [-0.2, -0.15) is 0 Å². The largest absolute Gasteiger partial charge is 0.494 e. The summed E-state index contributed by atoms with van der Waals surface area (Å²) in [5.41, 5.74) is 1.34. The lowest BCUT2D eigenvalue weighted by molar-refractivity contribution is -0.158. The predicted molar refractivity (Wildman–Crippen MR) is 220 cm³/mol. The van der Waals surface area contributed by atoms with Gasteiger partial charge in [-0.15, -0.1) is 0 Å². The van der Waals surface area contributed by atoms with Crippen LogP contribution in [-0.4, -0.2) is 83.1 Å². The van der Waals surface area contributed by atoms with Crippen LogP contribution < -0.4 is 26.0 Å². The molecule has 5 rings (SSSR count). The lowest BCUT2D eigenvalue weighted by Gasteiger charge is -2.40. The van der Waals surface area contributed by atoms with Crippen molar-refractivity contribution in [2.75, 3.05) is 13.2 Å². The fourth-order valence-electron chi connectivity index (χ4n) is 8.05. The molecule has 1 aliphatic carbocycles. The molecule has 14 heteroatoms. The standard InChI is InChI=1S/C45H61N5O9/c1-5-16-34(40(53)42(55)46-27-37(52)49-39(30-19-12-9-13-20-30)44(57)59-45(2,3)4)47-41(54)35-26-31-22-23-33-25-32(31)28-50(35)43(56)38(29-17-10-8-11-18-29)48-36(51)21-14-6-7-15-24-58-33/h9,12-13,19-20,22-23,25,29,34-35,38-39H,5-8,10-11,14-18,21,24,26-28H2,1-4H3,(H,46,55)(H,47,54)(H,48,51)(H,49,52)/t34?,35-,38-,39-/m0/s1. The molecule has 2 aliphatic heterocycles. The smallest absolute Gasteiger partial charge is 0.333 e. The number of ketones is 1. The van der Waals surface area contributed by atoms with Crippen LogP contribution in [0.3, 0.4) is 0 Å². The minimum Gasteiger partial charge on any atom is -0.494 e. The second-order valence-electron chi connectivity index (χ2n) is 16.9. The molecule has 1 saturated carbocycles. The SMILES string of the molecule is CCCC(NC(=O)[C@@H]1Cc2ccc3cc2CN1C(=O)[C@H](C1CCCCC1)NC(=O)CCCCCCO3)C(=O)C(=O)NCC(=O)N[C@H](C(=O)OC(C)(C)C)c1ccccc1. The van der Waals surface area contributed by atoms with Crippen LogP contribution in [0.25, 0.3) is 0 Å². The number of hydrogen-bond acceptors (Lipinski definition) is 9. The maximum atomic E-state index is 14.7. The Labute approximate surface area is 347 Å². The number of amides is 5. The van der Waals surface area contributed by atoms with Crippen LogP contribution in [0.5, 0.6) is 5.75 Å². The number of carbonyl (C=O) groups is 7. The molecule has 2 aromatic carbocycles. The van der Waals surface area contributed by atoms with Gasteiger partial charge in [-0.05, 0) is 87.6 Å². The van der Waals surface area contributed by atoms with Gasteiger partial charge in [-0.1, -0.05) is 81.8 Å². The minimum absolute atomic E-state index is 0.0821. The molecule has 4 N–H and O–H groups in total. The van der Waals surface area contributed by atoms with Crippen molar-refractivity contribution in [3.05, 3.63) is 65.2 Å². The molecule has 3 aliphatic rings. The molecular weight excluding hydrogens is 755 g/mol. The van der Waals surface area contributed by atoms with Crippen LogP contribution in [0.4, 0.5) is 0 Å². The first-order valence-corrected chi connectivity index (χ1v) is 21.3. The maximum absolute atomic E-state index is 14.7. The van der Waals surface area contributed by atoms with E-state index >= 15 is 0 Å². The van der Waals surface area contributed by atoms with E-state index in [1.807, 2.05) is 18.2 Å². The van der Waals surface area contributed by atoms with Gasteiger partial charge in [0.15, 0.2) is 6.04 Å². The van der Waals surface area contributed by atoms with Crippen LogP contribution in [0, 0.1) is 5.92 Å². The summed E-state index contributed by atoms with van der Waals surface area (Å²) in [6.45, 7) is 6.92. The van der Waals surface area contributed by atoms with E-state index in [4.69, 9.17) is 9.47 Å². The van der Waals surface area contributed by atoms with Crippen LogP contribution in [0.1, 0.15) is 127 Å².